The van der Waals surface area contributed by atoms with E-state index >= 15 is 0 Å². The van der Waals surface area contributed by atoms with Gasteiger partial charge in [0.1, 0.15) is 16.3 Å². The van der Waals surface area contributed by atoms with E-state index in [2.05, 4.69) is 14.7 Å². The summed E-state index contributed by atoms with van der Waals surface area (Å²) in [6.45, 7) is 1.33. The van der Waals surface area contributed by atoms with E-state index < -0.39 is 10.0 Å². The normalized spacial score (nSPS) is 13.8. The van der Waals surface area contributed by atoms with Gasteiger partial charge in [0.05, 0.1) is 28.9 Å². The molecule has 10 nitrogen and oxygen atoms in total. The van der Waals surface area contributed by atoms with E-state index in [1.165, 1.54) is 43.8 Å². The first kappa shape index (κ1) is 26.4. The van der Waals surface area contributed by atoms with Crippen molar-refractivity contribution in [3.63, 3.8) is 0 Å². The Kier molecular flexibility index (Phi) is 7.36. The van der Waals surface area contributed by atoms with E-state index in [4.69, 9.17) is 16.3 Å². The third kappa shape index (κ3) is 5.50. The van der Waals surface area contributed by atoms with Crippen LogP contribution in [-0.4, -0.2) is 73.3 Å². The quantitative estimate of drug-likeness (QED) is 0.378. The Morgan fingerprint density at radius 3 is 2.33 bits per heavy atom. The number of hydrogen-bond acceptors (Lipinski definition) is 7. The van der Waals surface area contributed by atoms with Gasteiger partial charge in [-0.1, -0.05) is 29.8 Å². The summed E-state index contributed by atoms with van der Waals surface area (Å²) in [4.78, 5) is 37.6. The number of carbonyl (C=O) groups is 2. The Balaban J connectivity index is 1.29. The van der Waals surface area contributed by atoms with Gasteiger partial charge in [-0.25, -0.2) is 13.4 Å². The molecule has 0 spiro atoms. The van der Waals surface area contributed by atoms with Crippen LogP contribution in [0.1, 0.15) is 20.8 Å². The highest BCUT2D eigenvalue weighted by Crippen LogP contribution is 2.28. The van der Waals surface area contributed by atoms with Gasteiger partial charge in [0.25, 0.3) is 21.8 Å². The van der Waals surface area contributed by atoms with Crippen molar-refractivity contribution in [1.29, 1.82) is 0 Å². The lowest BCUT2D eigenvalue weighted by atomic mass is 10.1. The van der Waals surface area contributed by atoms with Gasteiger partial charge in [0.15, 0.2) is 0 Å². The molecule has 3 heterocycles. The highest BCUT2D eigenvalue weighted by Gasteiger charge is 2.28. The van der Waals surface area contributed by atoms with Crippen LogP contribution in [0.3, 0.4) is 0 Å². The average molecular weight is 566 g/mol. The minimum atomic E-state index is -3.97. The molecule has 200 valence electrons. The van der Waals surface area contributed by atoms with Crippen molar-refractivity contribution in [2.24, 2.45) is 0 Å². The number of nitrogens with one attached hydrogen (secondary N) is 1. The molecule has 2 aromatic carbocycles. The summed E-state index contributed by atoms with van der Waals surface area (Å²) in [5.74, 6) is -0.286. The van der Waals surface area contributed by atoms with E-state index in [9.17, 15) is 18.0 Å². The molecule has 0 radical (unpaired) electrons. The summed E-state index contributed by atoms with van der Waals surface area (Å²) < 4.78 is 34.3. The lowest BCUT2D eigenvalue weighted by molar-refractivity contribution is 0.0530. The predicted molar refractivity (Wildman–Crippen MR) is 147 cm³/mol. The number of amides is 2. The second kappa shape index (κ2) is 10.9. The van der Waals surface area contributed by atoms with Gasteiger partial charge in [-0.15, -0.1) is 0 Å². The molecule has 39 heavy (non-hydrogen) atoms. The third-order valence-electron chi connectivity index (χ3n) is 6.37. The molecule has 5 rings (SSSR count). The highest BCUT2D eigenvalue weighted by atomic mass is 35.5. The molecule has 1 aliphatic rings. The van der Waals surface area contributed by atoms with Gasteiger partial charge in [-0.3, -0.25) is 19.3 Å². The molecule has 2 amide bonds. The number of carbonyl (C=O) groups excluding carboxylic acids is 2. The lowest BCUT2D eigenvalue weighted by Crippen LogP contribution is -2.50. The number of fused-ring (bicyclic) bond motifs is 1. The number of para-hydroxylation sites is 1. The number of ether oxygens (including phenoxy) is 1. The molecule has 0 aliphatic carbocycles. The first-order valence-corrected chi connectivity index (χ1v) is 13.9. The van der Waals surface area contributed by atoms with E-state index in [-0.39, 0.29) is 39.4 Å². The van der Waals surface area contributed by atoms with Gasteiger partial charge in [-0.05, 0) is 36.4 Å². The van der Waals surface area contributed by atoms with Gasteiger partial charge >= 0.3 is 0 Å². The molecular formula is C27H24ClN5O5S. The summed E-state index contributed by atoms with van der Waals surface area (Å²) >= 11 is 5.85. The second-order valence-electron chi connectivity index (χ2n) is 8.80. The van der Waals surface area contributed by atoms with Crippen molar-refractivity contribution >= 4 is 50.0 Å². The fraction of sp³-hybridized carbons (Fsp3) is 0.185. The fourth-order valence-corrected chi connectivity index (χ4v) is 5.72. The zero-order valence-electron chi connectivity index (χ0n) is 20.9. The van der Waals surface area contributed by atoms with Gasteiger partial charge in [-0.2, -0.15) is 0 Å². The minimum absolute atomic E-state index is 0.0425. The van der Waals surface area contributed by atoms with Crippen LogP contribution >= 0.6 is 11.6 Å². The van der Waals surface area contributed by atoms with E-state index in [1.54, 1.807) is 46.2 Å². The first-order chi connectivity index (χ1) is 18.8. The van der Waals surface area contributed by atoms with Crippen LogP contribution < -0.4 is 9.46 Å². The Labute approximate surface area is 230 Å². The summed E-state index contributed by atoms with van der Waals surface area (Å²) in [6, 6.07) is 16.1. The summed E-state index contributed by atoms with van der Waals surface area (Å²) in [6.07, 6.45) is 2.96. The molecule has 0 unspecified atom stereocenters. The maximum atomic E-state index is 13.3. The van der Waals surface area contributed by atoms with Crippen molar-refractivity contribution in [1.82, 2.24) is 19.8 Å². The molecule has 1 saturated heterocycles. The van der Waals surface area contributed by atoms with Crippen LogP contribution in [0.5, 0.6) is 5.75 Å². The molecule has 4 aromatic rings. The number of hydrogen-bond donors (Lipinski definition) is 1. The van der Waals surface area contributed by atoms with Gasteiger partial charge < -0.3 is 14.5 Å². The van der Waals surface area contributed by atoms with Crippen molar-refractivity contribution in [2.75, 3.05) is 38.0 Å². The zero-order chi connectivity index (χ0) is 27.6. The third-order valence-corrected chi connectivity index (χ3v) is 8.01. The van der Waals surface area contributed by atoms with Crippen molar-refractivity contribution in [3.05, 3.63) is 89.3 Å². The molecule has 0 saturated carbocycles. The Morgan fingerprint density at radius 1 is 0.923 bits per heavy atom. The predicted octanol–water partition coefficient (Wildman–Crippen LogP) is 3.69. The van der Waals surface area contributed by atoms with E-state index in [1.807, 2.05) is 0 Å². The van der Waals surface area contributed by atoms with Gasteiger partial charge in [0, 0.05) is 50.0 Å². The SMILES string of the molecule is COc1cc(NS(=O)(=O)c2cccc3cccnc23)ccc1C(=O)N1CCN(C(=O)c2ccc(Cl)cn2)CC1. The number of pyridine rings is 2. The Bertz CT molecular complexity index is 1650. The largest absolute Gasteiger partial charge is 0.496 e. The monoisotopic (exact) mass is 565 g/mol. The van der Waals surface area contributed by atoms with Gasteiger partial charge in [0.2, 0.25) is 0 Å². The Morgan fingerprint density at radius 2 is 1.64 bits per heavy atom. The standard InChI is InChI=1S/C27H24ClN5O5S/c1-38-23-16-20(31-39(36,37)24-6-2-4-18-5-3-11-29-25(18)24)8-9-21(23)26(34)32-12-14-33(15-13-32)27(35)22-10-7-19(28)17-30-22/h2-11,16-17,31H,12-15H2,1H3. The maximum Gasteiger partial charge on any atom is 0.272 e. The number of rotatable bonds is 6. The molecule has 1 fully saturated rings. The van der Waals surface area contributed by atoms with Crippen molar-refractivity contribution < 1.29 is 22.7 Å². The first-order valence-electron chi connectivity index (χ1n) is 12.0. The molecule has 2 aromatic heterocycles. The number of sulfonamides is 1. The van der Waals surface area contributed by atoms with Crippen LogP contribution in [-0.2, 0) is 10.0 Å². The highest BCUT2D eigenvalue weighted by molar-refractivity contribution is 7.93. The maximum absolute atomic E-state index is 13.3. The molecular weight excluding hydrogens is 542 g/mol. The zero-order valence-corrected chi connectivity index (χ0v) is 22.4. The van der Waals surface area contributed by atoms with Crippen molar-refractivity contribution in [2.45, 2.75) is 4.90 Å². The van der Waals surface area contributed by atoms with Crippen LogP contribution in [0.2, 0.25) is 5.02 Å². The number of nitrogens with zero attached hydrogens (tertiary/aromatic N) is 4. The summed E-state index contributed by atoms with van der Waals surface area (Å²) in [5, 5.41) is 1.14. The number of piperazine rings is 1. The molecule has 1 aliphatic heterocycles. The fourth-order valence-electron chi connectivity index (χ4n) is 4.38. The van der Waals surface area contributed by atoms with Crippen LogP contribution in [0.15, 0.2) is 78.0 Å². The van der Waals surface area contributed by atoms with Crippen molar-refractivity contribution in [3.8, 4) is 5.75 Å². The average Bonchev–Trinajstić information content (AvgIpc) is 2.96. The lowest BCUT2D eigenvalue weighted by Gasteiger charge is -2.34. The van der Waals surface area contributed by atoms with Crippen LogP contribution in [0, 0.1) is 0 Å². The molecule has 0 atom stereocenters. The molecule has 1 N–H and O–H groups in total. The minimum Gasteiger partial charge on any atom is -0.496 e. The topological polar surface area (TPSA) is 122 Å². The van der Waals surface area contributed by atoms with Crippen LogP contribution in [0.25, 0.3) is 10.9 Å². The number of halogens is 1. The van der Waals surface area contributed by atoms with E-state index in [0.717, 1.165) is 0 Å². The number of methoxy groups -OCH3 is 1. The number of anilines is 1. The van der Waals surface area contributed by atoms with E-state index in [0.29, 0.717) is 42.1 Å². The van der Waals surface area contributed by atoms with Crippen LogP contribution in [0.4, 0.5) is 5.69 Å². The number of benzene rings is 2. The number of aromatic nitrogens is 2. The second-order valence-corrected chi connectivity index (χ2v) is 10.9. The summed E-state index contributed by atoms with van der Waals surface area (Å²) in [5.41, 5.74) is 1.17. The summed E-state index contributed by atoms with van der Waals surface area (Å²) in [7, 11) is -2.56. The molecule has 0 bridgehead atoms. The smallest absolute Gasteiger partial charge is 0.272 e. The Hall–Kier alpha value is -4.22. The molecule has 12 heteroatoms.